The predicted molar refractivity (Wildman–Crippen MR) is 82.5 cm³/mol. The average molecular weight is 303 g/mol. The van der Waals surface area contributed by atoms with E-state index in [1.54, 1.807) is 0 Å². The molecule has 0 saturated carbocycles. The number of amides is 1. The number of primary amides is 1. The molecule has 0 bridgehead atoms. The zero-order valence-electron chi connectivity index (χ0n) is 13.3. The number of esters is 1. The number of hydrogen-bond donors (Lipinski definition) is 1. The summed E-state index contributed by atoms with van der Waals surface area (Å²) in [6.45, 7) is 8.22. The quantitative estimate of drug-likeness (QED) is 0.492. The molecule has 0 fully saturated rings. The molecule has 0 aliphatic rings. The van der Waals surface area contributed by atoms with Gasteiger partial charge in [-0.25, -0.2) is 4.79 Å². The first-order valence-corrected chi connectivity index (χ1v) is 7.10. The number of nitrogens with zero attached hydrogens (tertiary/aromatic N) is 2. The molecular formula is C16H21N3O3. The highest BCUT2D eigenvalue weighted by Crippen LogP contribution is 2.19. The summed E-state index contributed by atoms with van der Waals surface area (Å²) in [5.74, 6) is -1.61. The monoisotopic (exact) mass is 303 g/mol. The lowest BCUT2D eigenvalue weighted by molar-refractivity contribution is -0.149. The van der Waals surface area contributed by atoms with E-state index < -0.39 is 18.0 Å². The van der Waals surface area contributed by atoms with Crippen LogP contribution >= 0.6 is 0 Å². The Hall–Kier alpha value is -2.55. The Kier molecular flexibility index (Phi) is 5.93. The third kappa shape index (κ3) is 3.98. The van der Waals surface area contributed by atoms with Crippen LogP contribution in [0.25, 0.3) is 6.08 Å². The smallest absolute Gasteiger partial charge is 0.349 e. The molecule has 1 heterocycles. The van der Waals surface area contributed by atoms with Crippen LogP contribution < -0.4 is 5.73 Å². The summed E-state index contributed by atoms with van der Waals surface area (Å²) in [4.78, 5) is 22.8. The molecule has 0 saturated heterocycles. The number of rotatable bonds is 6. The fourth-order valence-corrected chi connectivity index (χ4v) is 2.12. The lowest BCUT2D eigenvalue weighted by Crippen LogP contribution is -2.30. The SMILES string of the molecule is CCCn1c(C)cc(/C=C(\C#N)C(=O)O[C@H](C)C(N)=O)c1C. The molecule has 0 aromatic carbocycles. The topological polar surface area (TPSA) is 98.1 Å². The predicted octanol–water partition coefficient (Wildman–Crippen LogP) is 1.84. The van der Waals surface area contributed by atoms with E-state index in [1.165, 1.54) is 13.0 Å². The minimum absolute atomic E-state index is 0.162. The van der Waals surface area contributed by atoms with E-state index >= 15 is 0 Å². The van der Waals surface area contributed by atoms with Crippen molar-refractivity contribution in [3.05, 3.63) is 28.6 Å². The Morgan fingerprint density at radius 3 is 2.64 bits per heavy atom. The van der Waals surface area contributed by atoms with Gasteiger partial charge in [-0.2, -0.15) is 5.26 Å². The van der Waals surface area contributed by atoms with Crippen LogP contribution in [0.3, 0.4) is 0 Å². The number of nitriles is 1. The Balaban J connectivity index is 3.08. The molecule has 22 heavy (non-hydrogen) atoms. The Labute approximate surface area is 130 Å². The highest BCUT2D eigenvalue weighted by molar-refractivity contribution is 5.99. The molecule has 0 aliphatic heterocycles. The summed E-state index contributed by atoms with van der Waals surface area (Å²) in [5.41, 5.74) is 7.69. The summed E-state index contributed by atoms with van der Waals surface area (Å²) >= 11 is 0. The third-order valence-corrected chi connectivity index (χ3v) is 3.38. The molecular weight excluding hydrogens is 282 g/mol. The first-order valence-electron chi connectivity index (χ1n) is 7.10. The highest BCUT2D eigenvalue weighted by Gasteiger charge is 2.19. The van der Waals surface area contributed by atoms with Crippen molar-refractivity contribution in [2.45, 2.75) is 46.8 Å². The zero-order valence-corrected chi connectivity index (χ0v) is 13.3. The molecule has 0 aliphatic carbocycles. The number of nitrogens with two attached hydrogens (primary N) is 1. The van der Waals surface area contributed by atoms with Crippen LogP contribution in [-0.2, 0) is 20.9 Å². The maximum Gasteiger partial charge on any atom is 0.349 e. The third-order valence-electron chi connectivity index (χ3n) is 3.38. The van der Waals surface area contributed by atoms with Gasteiger partial charge in [0, 0.05) is 17.9 Å². The fourth-order valence-electron chi connectivity index (χ4n) is 2.12. The van der Waals surface area contributed by atoms with E-state index in [9.17, 15) is 9.59 Å². The first-order chi connectivity index (χ1) is 10.3. The first kappa shape index (κ1) is 17.5. The highest BCUT2D eigenvalue weighted by atomic mass is 16.5. The average Bonchev–Trinajstić information content (AvgIpc) is 2.72. The second-order valence-electron chi connectivity index (χ2n) is 5.10. The molecule has 0 radical (unpaired) electrons. The van der Waals surface area contributed by atoms with Gasteiger partial charge in [0.15, 0.2) is 6.10 Å². The van der Waals surface area contributed by atoms with Crippen molar-refractivity contribution in [2.75, 3.05) is 0 Å². The summed E-state index contributed by atoms with van der Waals surface area (Å²) in [6.07, 6.45) is 1.39. The van der Waals surface area contributed by atoms with Gasteiger partial charge >= 0.3 is 5.97 Å². The van der Waals surface area contributed by atoms with Crippen molar-refractivity contribution in [3.63, 3.8) is 0 Å². The van der Waals surface area contributed by atoms with Gasteiger partial charge < -0.3 is 15.0 Å². The van der Waals surface area contributed by atoms with Crippen molar-refractivity contribution in [1.29, 1.82) is 5.26 Å². The second-order valence-corrected chi connectivity index (χ2v) is 5.10. The minimum Gasteiger partial charge on any atom is -0.448 e. The van der Waals surface area contributed by atoms with Gasteiger partial charge in [-0.3, -0.25) is 4.79 Å². The maximum atomic E-state index is 11.9. The summed E-state index contributed by atoms with van der Waals surface area (Å²) < 4.78 is 6.97. The molecule has 6 heteroatoms. The molecule has 1 amide bonds. The lowest BCUT2D eigenvalue weighted by atomic mass is 10.1. The molecule has 1 aromatic rings. The van der Waals surface area contributed by atoms with Crippen LogP contribution in [0.2, 0.25) is 0 Å². The molecule has 1 aromatic heterocycles. The molecule has 0 unspecified atom stereocenters. The van der Waals surface area contributed by atoms with E-state index in [2.05, 4.69) is 11.5 Å². The molecule has 2 N–H and O–H groups in total. The van der Waals surface area contributed by atoms with Gasteiger partial charge in [-0.1, -0.05) is 6.92 Å². The molecule has 118 valence electrons. The van der Waals surface area contributed by atoms with Gasteiger partial charge in [-0.05, 0) is 44.9 Å². The molecule has 0 spiro atoms. The van der Waals surface area contributed by atoms with Crippen LogP contribution in [0.4, 0.5) is 0 Å². The van der Waals surface area contributed by atoms with Gasteiger partial charge in [0.2, 0.25) is 0 Å². The second kappa shape index (κ2) is 7.46. The van der Waals surface area contributed by atoms with Crippen LogP contribution in [0.1, 0.15) is 37.2 Å². The van der Waals surface area contributed by atoms with Crippen molar-refractivity contribution in [3.8, 4) is 6.07 Å². The van der Waals surface area contributed by atoms with E-state index in [-0.39, 0.29) is 5.57 Å². The van der Waals surface area contributed by atoms with Gasteiger partial charge in [0.25, 0.3) is 5.91 Å². The lowest BCUT2D eigenvalue weighted by Gasteiger charge is -2.09. The summed E-state index contributed by atoms with van der Waals surface area (Å²) in [7, 11) is 0. The van der Waals surface area contributed by atoms with Gasteiger partial charge in [0.1, 0.15) is 11.6 Å². The summed E-state index contributed by atoms with van der Waals surface area (Å²) in [5, 5.41) is 9.14. The van der Waals surface area contributed by atoms with Crippen LogP contribution in [0.5, 0.6) is 0 Å². The number of hydrogen-bond acceptors (Lipinski definition) is 4. The van der Waals surface area contributed by atoms with Crippen LogP contribution in [0, 0.1) is 25.2 Å². The van der Waals surface area contributed by atoms with E-state index in [0.29, 0.717) is 0 Å². The number of aryl methyl sites for hydroxylation is 1. The molecule has 1 atom stereocenters. The van der Waals surface area contributed by atoms with E-state index in [1.807, 2.05) is 26.0 Å². The van der Waals surface area contributed by atoms with Crippen LogP contribution in [-0.4, -0.2) is 22.5 Å². The Bertz CT molecular complexity index is 650. The van der Waals surface area contributed by atoms with Crippen LogP contribution in [0.15, 0.2) is 11.6 Å². The van der Waals surface area contributed by atoms with Crippen molar-refractivity contribution < 1.29 is 14.3 Å². The number of carbonyl (C=O) groups excluding carboxylic acids is 2. The minimum atomic E-state index is -1.07. The largest absolute Gasteiger partial charge is 0.448 e. The van der Waals surface area contributed by atoms with Gasteiger partial charge in [0.05, 0.1) is 0 Å². The van der Waals surface area contributed by atoms with Gasteiger partial charge in [-0.15, -0.1) is 0 Å². The molecule has 6 nitrogen and oxygen atoms in total. The van der Waals surface area contributed by atoms with Crippen molar-refractivity contribution in [1.82, 2.24) is 4.57 Å². The fraction of sp³-hybridized carbons (Fsp3) is 0.438. The van der Waals surface area contributed by atoms with E-state index in [4.69, 9.17) is 15.7 Å². The van der Waals surface area contributed by atoms with Crippen molar-refractivity contribution >= 4 is 18.0 Å². The number of aromatic nitrogens is 1. The standard InChI is InChI=1S/C16H21N3O3/c1-5-6-19-10(2)7-13(11(19)3)8-14(9-17)16(21)22-12(4)15(18)20/h7-8,12H,5-6H2,1-4H3,(H2,18,20)/b14-8+/t12-/m1/s1. The summed E-state index contributed by atoms with van der Waals surface area (Å²) in [6, 6.07) is 3.72. The molecule has 1 rings (SSSR count). The zero-order chi connectivity index (χ0) is 16.9. The maximum absolute atomic E-state index is 11.9. The number of carbonyl (C=O) groups is 2. The van der Waals surface area contributed by atoms with E-state index in [0.717, 1.165) is 29.9 Å². The van der Waals surface area contributed by atoms with Crippen molar-refractivity contribution in [2.24, 2.45) is 5.73 Å². The Morgan fingerprint density at radius 1 is 1.50 bits per heavy atom. The Morgan fingerprint density at radius 2 is 2.14 bits per heavy atom. The normalized spacial score (nSPS) is 12.6. The number of ether oxygens (including phenoxy) is 1.